The maximum atomic E-state index is 13.2. The van der Waals surface area contributed by atoms with Crippen molar-refractivity contribution in [2.24, 2.45) is 0 Å². The highest BCUT2D eigenvalue weighted by Gasteiger charge is 2.40. The number of carbonyl (C=O) groups is 5. The average molecular weight is 533 g/mol. The van der Waals surface area contributed by atoms with Gasteiger partial charge in [-0.05, 0) is 74.5 Å². The van der Waals surface area contributed by atoms with E-state index in [-0.39, 0.29) is 45.7 Å². The number of nitrogens with one attached hydrogen (secondary N) is 1. The molecular formula is C28H21ClN2O7. The Bertz CT molecular complexity index is 1480. The molecule has 1 aliphatic heterocycles. The van der Waals surface area contributed by atoms with Crippen LogP contribution in [0, 0.1) is 0 Å². The molecule has 2 amide bonds. The van der Waals surface area contributed by atoms with Crippen LogP contribution >= 0.6 is 11.6 Å². The summed E-state index contributed by atoms with van der Waals surface area (Å²) in [4.78, 5) is 63.1. The van der Waals surface area contributed by atoms with Crippen molar-refractivity contribution in [1.82, 2.24) is 0 Å². The molecule has 0 saturated carbocycles. The van der Waals surface area contributed by atoms with Gasteiger partial charge < -0.3 is 14.8 Å². The molecule has 1 heterocycles. The van der Waals surface area contributed by atoms with Gasteiger partial charge in [-0.15, -0.1) is 0 Å². The Kier molecular flexibility index (Phi) is 7.68. The molecule has 1 aliphatic rings. The summed E-state index contributed by atoms with van der Waals surface area (Å²) in [6, 6.07) is 18.2. The van der Waals surface area contributed by atoms with Crippen LogP contribution in [0.25, 0.3) is 0 Å². The van der Waals surface area contributed by atoms with Crippen LogP contribution < -0.4 is 15.0 Å². The van der Waals surface area contributed by atoms with E-state index < -0.39 is 23.8 Å². The highest BCUT2D eigenvalue weighted by Crippen LogP contribution is 2.32. The number of ketones is 1. The molecule has 0 radical (unpaired) electrons. The van der Waals surface area contributed by atoms with E-state index in [0.717, 1.165) is 4.90 Å². The molecule has 0 spiro atoms. The molecule has 0 atom stereocenters. The van der Waals surface area contributed by atoms with Crippen LogP contribution in [-0.4, -0.2) is 36.1 Å². The Hall–Kier alpha value is -4.76. The number of carbonyl (C=O) groups excluding carboxylic acids is 5. The lowest BCUT2D eigenvalue weighted by Gasteiger charge is -2.18. The van der Waals surface area contributed by atoms with Gasteiger partial charge >= 0.3 is 11.9 Å². The minimum absolute atomic E-state index is 0.0422. The Balaban J connectivity index is 1.48. The van der Waals surface area contributed by atoms with Crippen molar-refractivity contribution in [1.29, 1.82) is 0 Å². The number of amides is 2. The Labute approximate surface area is 222 Å². The third kappa shape index (κ3) is 5.33. The summed E-state index contributed by atoms with van der Waals surface area (Å²) in [6.07, 6.45) is 0. The number of esters is 2. The van der Waals surface area contributed by atoms with Gasteiger partial charge in [-0.2, -0.15) is 0 Å². The molecule has 10 heteroatoms. The van der Waals surface area contributed by atoms with Crippen molar-refractivity contribution in [3.8, 4) is 5.75 Å². The fourth-order valence-corrected chi connectivity index (χ4v) is 3.85. The van der Waals surface area contributed by atoms with E-state index in [1.54, 1.807) is 31.2 Å². The van der Waals surface area contributed by atoms with Crippen LogP contribution in [0.15, 0.2) is 83.5 Å². The van der Waals surface area contributed by atoms with E-state index in [0.29, 0.717) is 11.3 Å². The van der Waals surface area contributed by atoms with Crippen LogP contribution in [-0.2, 0) is 14.3 Å². The van der Waals surface area contributed by atoms with Crippen molar-refractivity contribution in [2.45, 2.75) is 13.8 Å². The second-order valence-corrected chi connectivity index (χ2v) is 8.42. The number of nitrogens with zero attached hydrogens (tertiary/aromatic N) is 1. The fourth-order valence-electron chi connectivity index (χ4n) is 3.64. The average Bonchev–Trinajstić information content (AvgIpc) is 3.12. The van der Waals surface area contributed by atoms with Crippen molar-refractivity contribution >= 4 is 52.5 Å². The molecule has 0 aromatic heterocycles. The van der Waals surface area contributed by atoms with Gasteiger partial charge in [0.05, 0.1) is 23.4 Å². The van der Waals surface area contributed by atoms with Crippen LogP contribution in [0.1, 0.15) is 44.9 Å². The molecule has 3 aromatic rings. The molecular weight excluding hydrogens is 512 g/mol. The number of halogens is 1. The minimum Gasteiger partial charge on any atom is -0.462 e. The third-order valence-corrected chi connectivity index (χ3v) is 5.88. The predicted molar refractivity (Wildman–Crippen MR) is 139 cm³/mol. The molecule has 0 unspecified atom stereocenters. The molecule has 0 fully saturated rings. The molecule has 38 heavy (non-hydrogen) atoms. The van der Waals surface area contributed by atoms with Crippen molar-refractivity contribution in [2.75, 3.05) is 16.8 Å². The molecule has 9 nitrogen and oxygen atoms in total. The summed E-state index contributed by atoms with van der Waals surface area (Å²) in [5.41, 5.74) is 1.01. The molecule has 192 valence electrons. The standard InChI is InChI=1S/C28H21ClN2O7/c1-3-37-28(36)21-6-4-5-7-22(21)31-25(33)23(29)24(26(31)34)30-19-12-8-18(9-13-19)27(35)38-20-14-10-17(11-15-20)16(2)32/h4-15,30H,3H2,1-2H3. The van der Waals surface area contributed by atoms with Crippen LogP contribution in [0.4, 0.5) is 11.4 Å². The second kappa shape index (κ2) is 11.1. The monoisotopic (exact) mass is 532 g/mol. The molecule has 0 saturated heterocycles. The van der Waals surface area contributed by atoms with E-state index >= 15 is 0 Å². The maximum Gasteiger partial charge on any atom is 0.343 e. The summed E-state index contributed by atoms with van der Waals surface area (Å²) < 4.78 is 10.4. The first-order chi connectivity index (χ1) is 18.2. The van der Waals surface area contributed by atoms with Gasteiger partial charge in [0.15, 0.2) is 5.78 Å². The van der Waals surface area contributed by atoms with Crippen LogP contribution in [0.2, 0.25) is 0 Å². The number of hydrogen-bond acceptors (Lipinski definition) is 8. The van der Waals surface area contributed by atoms with E-state index in [1.165, 1.54) is 55.5 Å². The normalized spacial score (nSPS) is 13.0. The number of rotatable bonds is 8. The zero-order chi connectivity index (χ0) is 27.4. The lowest BCUT2D eigenvalue weighted by Crippen LogP contribution is -2.33. The Morgan fingerprint density at radius 2 is 1.47 bits per heavy atom. The zero-order valence-corrected chi connectivity index (χ0v) is 21.1. The third-order valence-electron chi connectivity index (χ3n) is 5.53. The van der Waals surface area contributed by atoms with Crippen LogP contribution in [0.5, 0.6) is 5.75 Å². The summed E-state index contributed by atoms with van der Waals surface area (Å²) in [5, 5.41) is 2.46. The Morgan fingerprint density at radius 1 is 0.842 bits per heavy atom. The smallest absolute Gasteiger partial charge is 0.343 e. The van der Waals surface area contributed by atoms with Gasteiger partial charge in [-0.25, -0.2) is 14.5 Å². The first-order valence-corrected chi connectivity index (χ1v) is 11.8. The predicted octanol–water partition coefficient (Wildman–Crippen LogP) is 4.72. The lowest BCUT2D eigenvalue weighted by atomic mass is 10.1. The van der Waals surface area contributed by atoms with Gasteiger partial charge in [0.1, 0.15) is 16.5 Å². The molecule has 0 aliphatic carbocycles. The largest absolute Gasteiger partial charge is 0.462 e. The number of para-hydroxylation sites is 1. The van der Waals surface area contributed by atoms with Crippen molar-refractivity contribution in [3.05, 3.63) is 100 Å². The van der Waals surface area contributed by atoms with Gasteiger partial charge in [0.25, 0.3) is 11.8 Å². The summed E-state index contributed by atoms with van der Waals surface area (Å²) in [6.45, 7) is 3.20. The lowest BCUT2D eigenvalue weighted by molar-refractivity contribution is -0.120. The molecule has 4 rings (SSSR count). The number of hydrogen-bond donors (Lipinski definition) is 1. The van der Waals surface area contributed by atoms with Gasteiger partial charge in [0, 0.05) is 11.3 Å². The van der Waals surface area contributed by atoms with Gasteiger partial charge in [-0.3, -0.25) is 14.4 Å². The summed E-state index contributed by atoms with van der Waals surface area (Å²) in [5.74, 6) is -2.69. The fraction of sp³-hybridized carbons (Fsp3) is 0.107. The van der Waals surface area contributed by atoms with E-state index in [2.05, 4.69) is 5.32 Å². The number of Topliss-reactive ketones (excluding diaryl/α,β-unsaturated/α-hetero) is 1. The van der Waals surface area contributed by atoms with Gasteiger partial charge in [0.2, 0.25) is 0 Å². The number of anilines is 2. The summed E-state index contributed by atoms with van der Waals surface area (Å²) >= 11 is 6.21. The zero-order valence-electron chi connectivity index (χ0n) is 20.3. The number of ether oxygens (including phenoxy) is 2. The highest BCUT2D eigenvalue weighted by atomic mass is 35.5. The van der Waals surface area contributed by atoms with Crippen molar-refractivity contribution in [3.63, 3.8) is 0 Å². The maximum absolute atomic E-state index is 13.2. The number of benzene rings is 3. The topological polar surface area (TPSA) is 119 Å². The van der Waals surface area contributed by atoms with Gasteiger partial charge in [-0.1, -0.05) is 23.7 Å². The molecule has 0 bridgehead atoms. The molecule has 1 N–H and O–H groups in total. The first kappa shape index (κ1) is 26.3. The first-order valence-electron chi connectivity index (χ1n) is 11.5. The quantitative estimate of drug-likeness (QED) is 0.191. The highest BCUT2D eigenvalue weighted by molar-refractivity contribution is 6.53. The number of imide groups is 1. The van der Waals surface area contributed by atoms with E-state index in [4.69, 9.17) is 21.1 Å². The van der Waals surface area contributed by atoms with Crippen molar-refractivity contribution < 1.29 is 33.4 Å². The molecule has 3 aromatic carbocycles. The minimum atomic E-state index is -0.799. The SMILES string of the molecule is CCOC(=O)c1ccccc1N1C(=O)C(Cl)=C(Nc2ccc(C(=O)Oc3ccc(C(C)=O)cc3)cc2)C1=O. The Morgan fingerprint density at radius 3 is 2.11 bits per heavy atom. The second-order valence-electron chi connectivity index (χ2n) is 8.04. The van der Waals surface area contributed by atoms with Crippen LogP contribution in [0.3, 0.4) is 0 Å². The van der Waals surface area contributed by atoms with E-state index in [1.807, 2.05) is 0 Å². The summed E-state index contributed by atoms with van der Waals surface area (Å²) in [7, 11) is 0. The van der Waals surface area contributed by atoms with E-state index in [9.17, 15) is 24.0 Å².